The molecule has 5 atom stereocenters. The summed E-state index contributed by atoms with van der Waals surface area (Å²) in [5.74, 6) is -5.31. The first kappa shape index (κ1) is 20.8. The van der Waals surface area contributed by atoms with Crippen molar-refractivity contribution in [1.29, 1.82) is 0 Å². The molecule has 1 saturated heterocycles. The third-order valence-electron chi connectivity index (χ3n) is 4.49. The van der Waals surface area contributed by atoms with Gasteiger partial charge >= 0.3 is 0 Å². The van der Waals surface area contributed by atoms with E-state index in [4.69, 9.17) is 16.3 Å². The molecule has 0 unspecified atom stereocenters. The molecule has 0 saturated carbocycles. The van der Waals surface area contributed by atoms with Gasteiger partial charge in [0.2, 0.25) is 16.3 Å². The Hall–Kier alpha value is -1.23. The molecule has 0 radical (unpaired) electrons. The number of rotatable bonds is 5. The van der Waals surface area contributed by atoms with Crippen molar-refractivity contribution in [2.45, 2.75) is 55.7 Å². The van der Waals surface area contributed by atoms with E-state index >= 15 is 0 Å². The van der Waals surface area contributed by atoms with Gasteiger partial charge in [-0.05, 0) is 27.7 Å². The minimum atomic E-state index is -3.54. The van der Waals surface area contributed by atoms with Gasteiger partial charge in [0.1, 0.15) is 6.10 Å². The van der Waals surface area contributed by atoms with Gasteiger partial charge in [-0.2, -0.15) is 0 Å². The molecule has 0 amide bonds. The van der Waals surface area contributed by atoms with E-state index in [0.717, 1.165) is 13.8 Å². The summed E-state index contributed by atoms with van der Waals surface area (Å²) in [6.07, 6.45) is -2.06. The van der Waals surface area contributed by atoms with E-state index in [0.29, 0.717) is 13.8 Å². The number of halogens is 1. The van der Waals surface area contributed by atoms with Crippen LogP contribution in [0.3, 0.4) is 0 Å². The van der Waals surface area contributed by atoms with Crippen LogP contribution in [0.4, 0.5) is 0 Å². The molecule has 1 aliphatic heterocycles. The van der Waals surface area contributed by atoms with Crippen molar-refractivity contribution in [1.82, 2.24) is 0 Å². The van der Waals surface area contributed by atoms with E-state index in [1.54, 1.807) is 0 Å². The highest BCUT2D eigenvalue weighted by Gasteiger charge is 2.83. The first-order valence-electron chi connectivity index (χ1n) is 6.88. The molecule has 24 heavy (non-hydrogen) atoms. The molecule has 1 aliphatic rings. The fourth-order valence-corrected chi connectivity index (χ4v) is 3.48. The highest BCUT2D eigenvalue weighted by molar-refractivity contribution is 6.37. The highest BCUT2D eigenvalue weighted by Crippen LogP contribution is 2.53. The molecule has 1 fully saturated rings. The predicted octanol–water partition coefficient (Wildman–Crippen LogP) is -2.14. The zero-order chi connectivity index (χ0) is 19.3. The van der Waals surface area contributed by atoms with Gasteiger partial charge in [-0.1, -0.05) is 11.6 Å². The Balaban J connectivity index is 4.05. The Morgan fingerprint density at radius 2 is 1.29 bits per heavy atom. The number of aliphatic hydroxyl groups excluding tert-OH is 1. The van der Waals surface area contributed by atoms with Gasteiger partial charge in [0, 0.05) is 0 Å². The van der Waals surface area contributed by atoms with Crippen molar-refractivity contribution in [3.8, 4) is 0 Å². The Labute approximate surface area is 142 Å². The van der Waals surface area contributed by atoms with Crippen molar-refractivity contribution in [2.75, 3.05) is 6.61 Å². The van der Waals surface area contributed by atoms with Gasteiger partial charge in [0.25, 0.3) is 0 Å². The summed E-state index contributed by atoms with van der Waals surface area (Å²) < 4.78 is 5.00. The van der Waals surface area contributed by atoms with Gasteiger partial charge in [-0.15, -0.1) is 0 Å². The maximum absolute atomic E-state index is 12.2. The van der Waals surface area contributed by atoms with E-state index < -0.39 is 57.7 Å². The van der Waals surface area contributed by atoms with Crippen molar-refractivity contribution < 1.29 is 44.3 Å². The lowest BCUT2D eigenvalue weighted by molar-refractivity contribution is -0.325. The number of ether oxygens (including phenoxy) is 1. The molecule has 9 nitrogen and oxygen atoms in total. The lowest BCUT2D eigenvalue weighted by Crippen LogP contribution is -2.89. The number of Topliss-reactive ketones (excluding diaryl/α,β-unsaturated/α-hetero) is 4. The van der Waals surface area contributed by atoms with E-state index in [1.165, 1.54) is 0 Å². The summed E-state index contributed by atoms with van der Waals surface area (Å²) in [4.78, 5) is 48.2. The quantitative estimate of drug-likeness (QED) is 0.398. The van der Waals surface area contributed by atoms with Crippen LogP contribution in [-0.2, 0) is 23.9 Å². The van der Waals surface area contributed by atoms with Crippen LogP contribution < -0.4 is 0 Å². The summed E-state index contributed by atoms with van der Waals surface area (Å²) in [6.45, 7) is 1.76. The van der Waals surface area contributed by atoms with E-state index in [2.05, 4.69) is 0 Å². The summed E-state index contributed by atoms with van der Waals surface area (Å²) in [7, 11) is 0. The first-order chi connectivity index (χ1) is 10.7. The fourth-order valence-electron chi connectivity index (χ4n) is 3.10. The lowest BCUT2D eigenvalue weighted by Gasteiger charge is -2.59. The maximum Gasteiger partial charge on any atom is 0.240 e. The van der Waals surface area contributed by atoms with Gasteiger partial charge in [0.05, 0.1) is 6.61 Å². The van der Waals surface area contributed by atoms with Crippen molar-refractivity contribution in [2.24, 2.45) is 0 Å². The van der Waals surface area contributed by atoms with E-state index in [9.17, 15) is 39.6 Å². The van der Waals surface area contributed by atoms with Crippen LogP contribution in [-0.4, -0.2) is 78.1 Å². The molecule has 0 bridgehead atoms. The molecule has 0 aromatic rings. The molecular formula is C14H19ClO9. The SMILES string of the molecule is CC(=O)[C@@]1(O)[C@@](O)(C(C)=O)[C@](Cl)(C(C)=O)O[C@H](CO)[C@]1(O)C(C)=O. The Morgan fingerprint density at radius 3 is 1.54 bits per heavy atom. The number of carbonyl (C=O) groups excluding carboxylic acids is 4. The average molecular weight is 367 g/mol. The number of hydrogen-bond acceptors (Lipinski definition) is 9. The molecule has 0 aromatic carbocycles. The third-order valence-corrected chi connectivity index (χ3v) is 5.11. The minimum Gasteiger partial charge on any atom is -0.394 e. The number of ketones is 4. The smallest absolute Gasteiger partial charge is 0.240 e. The second-order valence-electron chi connectivity index (χ2n) is 5.80. The largest absolute Gasteiger partial charge is 0.394 e. The third kappa shape index (κ3) is 2.06. The zero-order valence-electron chi connectivity index (χ0n) is 13.5. The Kier molecular flexibility index (Phi) is 5.15. The molecule has 10 heteroatoms. The van der Waals surface area contributed by atoms with Crippen molar-refractivity contribution in [3.63, 3.8) is 0 Å². The van der Waals surface area contributed by atoms with Crippen molar-refractivity contribution >= 4 is 34.7 Å². The standard InChI is InChI=1S/C14H19ClO9/c1-6(17)11(21)10(5-16)24-14(15,9(4)20)13(23,8(3)19)12(11,22)7(2)18/h10,16,21-23H,5H2,1-4H3/t10-,11-,12+,13+,14+/m1/s1. The Morgan fingerprint density at radius 1 is 0.875 bits per heavy atom. The normalized spacial score (nSPS) is 42.5. The van der Waals surface area contributed by atoms with E-state index in [-0.39, 0.29) is 0 Å². The van der Waals surface area contributed by atoms with Crippen LogP contribution in [0, 0.1) is 0 Å². The van der Waals surface area contributed by atoms with Crippen LogP contribution in [0.1, 0.15) is 27.7 Å². The number of hydrogen-bond donors (Lipinski definition) is 4. The topological polar surface area (TPSA) is 158 Å². The number of aliphatic hydroxyl groups is 4. The molecule has 1 rings (SSSR count). The minimum absolute atomic E-state index is 0.680. The van der Waals surface area contributed by atoms with Crippen molar-refractivity contribution in [3.05, 3.63) is 0 Å². The van der Waals surface area contributed by atoms with Crippen LogP contribution in [0.5, 0.6) is 0 Å². The van der Waals surface area contributed by atoms with Gasteiger partial charge in [0.15, 0.2) is 28.7 Å². The average Bonchev–Trinajstić information content (AvgIpc) is 2.47. The Bertz CT molecular complexity index is 619. The number of alkyl halides is 1. The number of carbonyl (C=O) groups is 4. The first-order valence-corrected chi connectivity index (χ1v) is 7.26. The predicted molar refractivity (Wildman–Crippen MR) is 78.1 cm³/mol. The van der Waals surface area contributed by atoms with Crippen LogP contribution in [0.25, 0.3) is 0 Å². The van der Waals surface area contributed by atoms with Crippen LogP contribution in [0.2, 0.25) is 0 Å². The summed E-state index contributed by atoms with van der Waals surface area (Å²) in [5.41, 5.74) is -10.3. The summed E-state index contributed by atoms with van der Waals surface area (Å²) in [5, 5.41) is 38.8. The second kappa shape index (κ2) is 5.94. The van der Waals surface area contributed by atoms with Gasteiger partial charge < -0.3 is 25.2 Å². The van der Waals surface area contributed by atoms with Crippen LogP contribution >= 0.6 is 11.6 Å². The molecule has 0 spiro atoms. The molecule has 4 N–H and O–H groups in total. The molecule has 1 heterocycles. The molecule has 136 valence electrons. The monoisotopic (exact) mass is 366 g/mol. The van der Waals surface area contributed by atoms with Gasteiger partial charge in [-0.3, -0.25) is 19.2 Å². The van der Waals surface area contributed by atoms with E-state index in [1.807, 2.05) is 0 Å². The van der Waals surface area contributed by atoms with Crippen LogP contribution in [0.15, 0.2) is 0 Å². The molecule has 0 aromatic heterocycles. The second-order valence-corrected chi connectivity index (χ2v) is 6.33. The maximum atomic E-state index is 12.2. The molecule has 0 aliphatic carbocycles. The zero-order valence-corrected chi connectivity index (χ0v) is 14.2. The van der Waals surface area contributed by atoms with Gasteiger partial charge in [-0.25, -0.2) is 0 Å². The summed E-state index contributed by atoms with van der Waals surface area (Å²) in [6, 6.07) is 0. The summed E-state index contributed by atoms with van der Waals surface area (Å²) >= 11 is 5.96. The molecular weight excluding hydrogens is 348 g/mol. The highest BCUT2D eigenvalue weighted by atomic mass is 35.5. The fraction of sp³-hybridized carbons (Fsp3) is 0.714. The lowest BCUT2D eigenvalue weighted by atomic mass is 9.58.